The van der Waals surface area contributed by atoms with Gasteiger partial charge in [0.15, 0.2) is 10.9 Å². The van der Waals surface area contributed by atoms with Gasteiger partial charge >= 0.3 is 0 Å². The standard InChI is InChI=1S/C19H15FN4OS/c1-12(18(25)14-10-21-16-8-4-2-6-13(14)16)26-19-23-22-11-24(19)17-9-5-3-7-15(17)20/h2-12,21H,1H3/t12-/m1/s1. The van der Waals surface area contributed by atoms with E-state index < -0.39 is 5.25 Å². The lowest BCUT2D eigenvalue weighted by molar-refractivity contribution is 0.0995. The molecule has 0 aliphatic rings. The van der Waals surface area contributed by atoms with E-state index in [-0.39, 0.29) is 11.6 Å². The minimum Gasteiger partial charge on any atom is -0.360 e. The Balaban J connectivity index is 1.61. The number of rotatable bonds is 5. The second-order valence-corrected chi connectivity index (χ2v) is 7.12. The van der Waals surface area contributed by atoms with E-state index in [1.165, 1.54) is 24.2 Å². The first-order valence-corrected chi connectivity index (χ1v) is 8.95. The minimum absolute atomic E-state index is 0.0180. The number of hydrogen-bond donors (Lipinski definition) is 1. The van der Waals surface area contributed by atoms with Crippen molar-refractivity contribution >= 4 is 28.4 Å². The van der Waals surface area contributed by atoms with E-state index in [1.54, 1.807) is 29.0 Å². The van der Waals surface area contributed by atoms with Gasteiger partial charge < -0.3 is 4.98 Å². The predicted molar refractivity (Wildman–Crippen MR) is 99.3 cm³/mol. The van der Waals surface area contributed by atoms with Gasteiger partial charge in [0, 0.05) is 22.7 Å². The number of Topliss-reactive ketones (excluding diaryl/α,β-unsaturated/α-hetero) is 1. The molecule has 7 heteroatoms. The summed E-state index contributed by atoms with van der Waals surface area (Å²) in [6, 6.07) is 14.1. The average Bonchev–Trinajstić information content (AvgIpc) is 3.28. The van der Waals surface area contributed by atoms with E-state index >= 15 is 0 Å². The van der Waals surface area contributed by atoms with Crippen molar-refractivity contribution in [1.82, 2.24) is 19.7 Å². The number of carbonyl (C=O) groups is 1. The molecule has 4 aromatic rings. The van der Waals surface area contributed by atoms with Crippen molar-refractivity contribution in [3.63, 3.8) is 0 Å². The molecule has 0 aliphatic heterocycles. The first-order valence-electron chi connectivity index (χ1n) is 8.07. The maximum absolute atomic E-state index is 14.1. The predicted octanol–water partition coefficient (Wildman–Crippen LogP) is 4.25. The Morgan fingerprint density at radius 2 is 1.96 bits per heavy atom. The molecule has 130 valence electrons. The fourth-order valence-corrected chi connectivity index (χ4v) is 3.73. The summed E-state index contributed by atoms with van der Waals surface area (Å²) in [7, 11) is 0. The van der Waals surface area contributed by atoms with Crippen molar-refractivity contribution < 1.29 is 9.18 Å². The van der Waals surface area contributed by atoms with Crippen LogP contribution in [-0.4, -0.2) is 30.8 Å². The topological polar surface area (TPSA) is 63.6 Å². The van der Waals surface area contributed by atoms with Crippen LogP contribution in [-0.2, 0) is 0 Å². The van der Waals surface area contributed by atoms with Crippen LogP contribution in [0.4, 0.5) is 4.39 Å². The molecule has 0 unspecified atom stereocenters. The molecule has 0 radical (unpaired) electrons. The molecule has 1 atom stereocenters. The van der Waals surface area contributed by atoms with E-state index in [0.29, 0.717) is 16.4 Å². The van der Waals surface area contributed by atoms with Gasteiger partial charge in [-0.3, -0.25) is 9.36 Å². The van der Waals surface area contributed by atoms with Crippen molar-refractivity contribution in [3.8, 4) is 5.69 Å². The zero-order valence-electron chi connectivity index (χ0n) is 13.9. The van der Waals surface area contributed by atoms with Crippen molar-refractivity contribution in [2.24, 2.45) is 0 Å². The summed E-state index contributed by atoms with van der Waals surface area (Å²) in [6.45, 7) is 1.81. The van der Waals surface area contributed by atoms with Gasteiger partial charge in [0.2, 0.25) is 0 Å². The normalized spacial score (nSPS) is 12.4. The molecule has 5 nitrogen and oxygen atoms in total. The fraction of sp³-hybridized carbons (Fsp3) is 0.105. The van der Waals surface area contributed by atoms with Gasteiger partial charge in [0.1, 0.15) is 12.1 Å². The lowest BCUT2D eigenvalue weighted by Crippen LogP contribution is -2.14. The van der Waals surface area contributed by atoms with E-state index in [9.17, 15) is 9.18 Å². The number of benzene rings is 2. The molecule has 0 amide bonds. The van der Waals surface area contributed by atoms with Crippen LogP contribution >= 0.6 is 11.8 Å². The van der Waals surface area contributed by atoms with Gasteiger partial charge in [-0.15, -0.1) is 10.2 Å². The zero-order valence-corrected chi connectivity index (χ0v) is 14.7. The highest BCUT2D eigenvalue weighted by Crippen LogP contribution is 2.29. The number of para-hydroxylation sites is 2. The number of nitrogens with one attached hydrogen (secondary N) is 1. The van der Waals surface area contributed by atoms with Gasteiger partial charge in [-0.25, -0.2) is 4.39 Å². The van der Waals surface area contributed by atoms with Gasteiger partial charge in [-0.1, -0.05) is 42.1 Å². The summed E-state index contributed by atoms with van der Waals surface area (Å²) in [6.07, 6.45) is 3.18. The highest BCUT2D eigenvalue weighted by Gasteiger charge is 2.22. The largest absolute Gasteiger partial charge is 0.360 e. The number of carbonyl (C=O) groups excluding carboxylic acids is 1. The summed E-state index contributed by atoms with van der Waals surface area (Å²) >= 11 is 1.25. The van der Waals surface area contributed by atoms with Gasteiger partial charge in [0.05, 0.1) is 10.9 Å². The van der Waals surface area contributed by atoms with E-state index in [1.807, 2.05) is 31.2 Å². The maximum Gasteiger partial charge on any atom is 0.196 e. The third kappa shape index (κ3) is 2.90. The molecule has 0 aliphatic carbocycles. The Kier molecular flexibility index (Phi) is 4.30. The molecule has 0 saturated carbocycles. The SMILES string of the molecule is C[C@@H](Sc1nncn1-c1ccccc1F)C(=O)c1c[nH]c2ccccc12. The molecular weight excluding hydrogens is 351 g/mol. The number of thioether (sulfide) groups is 1. The summed E-state index contributed by atoms with van der Waals surface area (Å²) < 4.78 is 15.6. The monoisotopic (exact) mass is 366 g/mol. The van der Waals surface area contributed by atoms with Crippen molar-refractivity contribution in [2.45, 2.75) is 17.3 Å². The van der Waals surface area contributed by atoms with Gasteiger partial charge in [-0.05, 0) is 25.1 Å². The third-order valence-corrected chi connectivity index (χ3v) is 5.19. The number of halogens is 1. The molecule has 0 saturated heterocycles. The second kappa shape index (κ2) is 6.76. The van der Waals surface area contributed by atoms with Crippen LogP contribution in [0, 0.1) is 5.82 Å². The van der Waals surface area contributed by atoms with Crippen molar-refractivity contribution in [1.29, 1.82) is 0 Å². The molecule has 0 spiro atoms. The number of ketones is 1. The van der Waals surface area contributed by atoms with E-state index in [0.717, 1.165) is 10.9 Å². The summed E-state index contributed by atoms with van der Waals surface area (Å²) in [4.78, 5) is 16.0. The molecule has 2 aromatic heterocycles. The number of hydrogen-bond acceptors (Lipinski definition) is 4. The van der Waals surface area contributed by atoms with E-state index in [4.69, 9.17) is 0 Å². The summed E-state index contributed by atoms with van der Waals surface area (Å²) in [5.74, 6) is -0.389. The highest BCUT2D eigenvalue weighted by molar-refractivity contribution is 8.00. The van der Waals surface area contributed by atoms with E-state index in [2.05, 4.69) is 15.2 Å². The third-order valence-electron chi connectivity index (χ3n) is 4.13. The quantitative estimate of drug-likeness (QED) is 0.424. The number of H-pyrrole nitrogens is 1. The summed E-state index contributed by atoms with van der Waals surface area (Å²) in [5, 5.41) is 8.88. The first kappa shape index (κ1) is 16.5. The molecular formula is C19H15FN4OS. The maximum atomic E-state index is 14.1. The number of aromatic amines is 1. The van der Waals surface area contributed by atoms with Crippen molar-refractivity contribution in [3.05, 3.63) is 72.4 Å². The van der Waals surface area contributed by atoms with Crippen LogP contribution in [0.2, 0.25) is 0 Å². The molecule has 0 fully saturated rings. The summed E-state index contributed by atoms with van der Waals surface area (Å²) in [5.41, 5.74) is 1.91. The number of nitrogens with zero attached hydrogens (tertiary/aromatic N) is 3. The smallest absolute Gasteiger partial charge is 0.196 e. The van der Waals surface area contributed by atoms with Gasteiger partial charge in [-0.2, -0.15) is 0 Å². The Morgan fingerprint density at radius 1 is 1.19 bits per heavy atom. The molecule has 26 heavy (non-hydrogen) atoms. The Hall–Kier alpha value is -2.93. The zero-order chi connectivity index (χ0) is 18.1. The highest BCUT2D eigenvalue weighted by atomic mass is 32.2. The number of fused-ring (bicyclic) bond motifs is 1. The van der Waals surface area contributed by atoms with Crippen LogP contribution < -0.4 is 0 Å². The molecule has 1 N–H and O–H groups in total. The number of aromatic nitrogens is 4. The van der Waals surface area contributed by atoms with Crippen LogP contribution in [0.5, 0.6) is 0 Å². The lowest BCUT2D eigenvalue weighted by atomic mass is 10.1. The molecule has 4 rings (SSSR count). The van der Waals surface area contributed by atoms with Crippen LogP contribution in [0.25, 0.3) is 16.6 Å². The van der Waals surface area contributed by atoms with Crippen LogP contribution in [0.15, 0.2) is 66.2 Å². The Bertz CT molecular complexity index is 1090. The van der Waals surface area contributed by atoms with Gasteiger partial charge in [0.25, 0.3) is 0 Å². The first-order chi connectivity index (χ1) is 12.6. The minimum atomic E-state index is -0.399. The Morgan fingerprint density at radius 3 is 2.81 bits per heavy atom. The fourth-order valence-electron chi connectivity index (χ4n) is 2.82. The molecule has 2 aromatic carbocycles. The van der Waals surface area contributed by atoms with Crippen LogP contribution in [0.3, 0.4) is 0 Å². The Labute approximate surface area is 153 Å². The molecule has 0 bridgehead atoms. The molecule has 2 heterocycles. The lowest BCUT2D eigenvalue weighted by Gasteiger charge is -2.11. The second-order valence-electron chi connectivity index (χ2n) is 5.81. The average molecular weight is 366 g/mol. The van der Waals surface area contributed by atoms with Crippen molar-refractivity contribution in [2.75, 3.05) is 0 Å². The van der Waals surface area contributed by atoms with Crippen LogP contribution in [0.1, 0.15) is 17.3 Å².